The van der Waals surface area contributed by atoms with Gasteiger partial charge < -0.3 is 15.5 Å². The number of carbonyl (C=O) groups is 3. The van der Waals surface area contributed by atoms with E-state index in [0.29, 0.717) is 17.7 Å². The van der Waals surface area contributed by atoms with Crippen molar-refractivity contribution in [1.82, 2.24) is 4.90 Å². The molecule has 0 aliphatic carbocycles. The molecule has 0 saturated carbocycles. The lowest BCUT2D eigenvalue weighted by atomic mass is 9.87. The maximum atomic E-state index is 11.8. The van der Waals surface area contributed by atoms with Crippen LogP contribution in [-0.2, 0) is 15.1 Å². The van der Waals surface area contributed by atoms with Crippen molar-refractivity contribution in [3.05, 3.63) is 29.8 Å². The standard InChI is InChI=1S/C14H16N2O5.ClH/c1-9(17)15-11-5-2-4-10(8-11)14(12(18)19)6-3-7-16(14)13(20)21;/h2,4-5,8H,3,6-7H2,1H3,(H,15,17)(H,18,19)(H,20,21);1H. The molecule has 1 aliphatic rings. The number of nitrogens with one attached hydrogen (secondary N) is 1. The fourth-order valence-electron chi connectivity index (χ4n) is 2.78. The SMILES string of the molecule is CC(=O)Nc1cccc(C2(C(=O)O)CCCN2C(=O)O)c1.Cl. The Morgan fingerprint density at radius 2 is 1.95 bits per heavy atom. The lowest BCUT2D eigenvalue weighted by molar-refractivity contribution is -0.149. The molecule has 0 radical (unpaired) electrons. The average Bonchev–Trinajstić information content (AvgIpc) is 2.84. The molecule has 1 aliphatic heterocycles. The van der Waals surface area contributed by atoms with Gasteiger partial charge in [-0.05, 0) is 30.5 Å². The van der Waals surface area contributed by atoms with Crippen LogP contribution in [0.5, 0.6) is 0 Å². The van der Waals surface area contributed by atoms with Crippen LogP contribution in [0.25, 0.3) is 0 Å². The molecular weight excluding hydrogens is 312 g/mol. The van der Waals surface area contributed by atoms with E-state index in [1.807, 2.05) is 0 Å². The van der Waals surface area contributed by atoms with E-state index in [1.165, 1.54) is 13.0 Å². The summed E-state index contributed by atoms with van der Waals surface area (Å²) in [5.74, 6) is -1.49. The number of hydrogen-bond acceptors (Lipinski definition) is 3. The largest absolute Gasteiger partial charge is 0.479 e. The third-order valence-corrected chi connectivity index (χ3v) is 3.63. The molecule has 2 rings (SSSR count). The number of halogens is 1. The zero-order valence-corrected chi connectivity index (χ0v) is 12.7. The zero-order valence-electron chi connectivity index (χ0n) is 11.9. The minimum Gasteiger partial charge on any atom is -0.479 e. The number of hydrogen-bond donors (Lipinski definition) is 3. The minimum atomic E-state index is -1.60. The van der Waals surface area contributed by atoms with Gasteiger partial charge in [0.25, 0.3) is 0 Å². The molecule has 1 atom stereocenters. The van der Waals surface area contributed by atoms with Gasteiger partial charge in [-0.15, -0.1) is 12.4 Å². The highest BCUT2D eigenvalue weighted by atomic mass is 35.5. The number of nitrogens with zero attached hydrogens (tertiary/aromatic N) is 1. The summed E-state index contributed by atoms with van der Waals surface area (Å²) in [6, 6.07) is 6.31. The number of benzene rings is 1. The van der Waals surface area contributed by atoms with Crippen molar-refractivity contribution < 1.29 is 24.6 Å². The van der Waals surface area contributed by atoms with Crippen LogP contribution in [-0.4, -0.2) is 39.6 Å². The fraction of sp³-hybridized carbons (Fsp3) is 0.357. The van der Waals surface area contributed by atoms with Gasteiger partial charge in [-0.1, -0.05) is 12.1 Å². The lowest BCUT2D eigenvalue weighted by Gasteiger charge is -2.33. The van der Waals surface area contributed by atoms with E-state index < -0.39 is 17.6 Å². The molecule has 2 amide bonds. The summed E-state index contributed by atoms with van der Waals surface area (Å²) in [4.78, 5) is 35.2. The number of anilines is 1. The summed E-state index contributed by atoms with van der Waals surface area (Å²) in [7, 11) is 0. The van der Waals surface area contributed by atoms with Crippen molar-refractivity contribution in [1.29, 1.82) is 0 Å². The van der Waals surface area contributed by atoms with Crippen LogP contribution in [0.4, 0.5) is 10.5 Å². The summed E-state index contributed by atoms with van der Waals surface area (Å²) in [5.41, 5.74) is -0.806. The molecule has 8 heteroatoms. The van der Waals surface area contributed by atoms with Crippen LogP contribution in [0.2, 0.25) is 0 Å². The topological polar surface area (TPSA) is 107 Å². The lowest BCUT2D eigenvalue weighted by Crippen LogP contribution is -2.50. The smallest absolute Gasteiger partial charge is 0.408 e. The zero-order chi connectivity index (χ0) is 15.6. The van der Waals surface area contributed by atoms with Gasteiger partial charge >= 0.3 is 12.1 Å². The van der Waals surface area contributed by atoms with E-state index in [2.05, 4.69) is 5.32 Å². The average molecular weight is 329 g/mol. The molecular formula is C14H17ClN2O5. The number of rotatable bonds is 3. The normalized spacial score (nSPS) is 20.1. The summed E-state index contributed by atoms with van der Waals surface area (Å²) in [6.07, 6.45) is -0.582. The fourth-order valence-corrected chi connectivity index (χ4v) is 2.78. The Labute approximate surface area is 133 Å². The molecule has 1 aromatic rings. The van der Waals surface area contributed by atoms with Crippen LogP contribution >= 0.6 is 12.4 Å². The van der Waals surface area contributed by atoms with Crippen LogP contribution in [0.1, 0.15) is 25.3 Å². The second-order valence-electron chi connectivity index (χ2n) is 4.97. The van der Waals surface area contributed by atoms with Crippen molar-refractivity contribution >= 4 is 36.1 Å². The van der Waals surface area contributed by atoms with E-state index >= 15 is 0 Å². The van der Waals surface area contributed by atoms with Crippen molar-refractivity contribution in [2.75, 3.05) is 11.9 Å². The first kappa shape index (κ1) is 17.8. The van der Waals surface area contributed by atoms with Crippen LogP contribution in [0.15, 0.2) is 24.3 Å². The monoisotopic (exact) mass is 328 g/mol. The highest BCUT2D eigenvalue weighted by Gasteiger charge is 2.51. The molecule has 1 heterocycles. The van der Waals surface area contributed by atoms with E-state index in [9.17, 15) is 24.6 Å². The number of carboxylic acid groups (broad SMARTS) is 2. The van der Waals surface area contributed by atoms with Crippen molar-refractivity contribution in [2.45, 2.75) is 25.3 Å². The van der Waals surface area contributed by atoms with Gasteiger partial charge in [0, 0.05) is 19.2 Å². The molecule has 1 unspecified atom stereocenters. The van der Waals surface area contributed by atoms with Gasteiger partial charge in [0.15, 0.2) is 5.54 Å². The summed E-state index contributed by atoms with van der Waals surface area (Å²) >= 11 is 0. The van der Waals surface area contributed by atoms with E-state index in [4.69, 9.17) is 0 Å². The number of carboxylic acids is 1. The second kappa shape index (κ2) is 6.65. The molecule has 120 valence electrons. The Hall–Kier alpha value is -2.28. The highest BCUT2D eigenvalue weighted by Crippen LogP contribution is 2.40. The van der Waals surface area contributed by atoms with Crippen molar-refractivity contribution in [3.8, 4) is 0 Å². The Morgan fingerprint density at radius 1 is 1.27 bits per heavy atom. The first-order chi connectivity index (χ1) is 9.87. The number of carbonyl (C=O) groups excluding carboxylic acids is 1. The quantitative estimate of drug-likeness (QED) is 0.787. The molecule has 22 heavy (non-hydrogen) atoms. The van der Waals surface area contributed by atoms with Gasteiger partial charge in [-0.2, -0.15) is 0 Å². The molecule has 0 aromatic heterocycles. The predicted molar refractivity (Wildman–Crippen MR) is 81.3 cm³/mol. The first-order valence-electron chi connectivity index (χ1n) is 6.50. The van der Waals surface area contributed by atoms with Gasteiger partial charge in [0.1, 0.15) is 0 Å². The molecule has 1 saturated heterocycles. The van der Waals surface area contributed by atoms with Crippen LogP contribution < -0.4 is 5.32 Å². The molecule has 3 N–H and O–H groups in total. The molecule has 1 aromatic carbocycles. The summed E-state index contributed by atoms with van der Waals surface area (Å²) < 4.78 is 0. The van der Waals surface area contributed by atoms with Crippen molar-refractivity contribution in [3.63, 3.8) is 0 Å². The number of amides is 2. The van der Waals surface area contributed by atoms with Crippen LogP contribution in [0.3, 0.4) is 0 Å². The second-order valence-corrected chi connectivity index (χ2v) is 4.97. The maximum absolute atomic E-state index is 11.8. The van der Waals surface area contributed by atoms with Crippen LogP contribution in [0, 0.1) is 0 Å². The van der Waals surface area contributed by atoms with E-state index in [1.54, 1.807) is 18.2 Å². The maximum Gasteiger partial charge on any atom is 0.408 e. The third-order valence-electron chi connectivity index (χ3n) is 3.63. The molecule has 7 nitrogen and oxygen atoms in total. The molecule has 1 fully saturated rings. The van der Waals surface area contributed by atoms with Gasteiger partial charge in [-0.25, -0.2) is 9.59 Å². The molecule has 0 spiro atoms. The Kier molecular flexibility index (Phi) is 5.38. The molecule has 0 bridgehead atoms. The first-order valence-corrected chi connectivity index (χ1v) is 6.50. The summed E-state index contributed by atoms with van der Waals surface area (Å²) in [6.45, 7) is 1.52. The Balaban J connectivity index is 0.00000242. The van der Waals surface area contributed by atoms with Gasteiger partial charge in [-0.3, -0.25) is 9.69 Å². The van der Waals surface area contributed by atoms with Gasteiger partial charge in [0.05, 0.1) is 0 Å². The minimum absolute atomic E-state index is 0. The predicted octanol–water partition coefficient (Wildman–Crippen LogP) is 2.12. The van der Waals surface area contributed by atoms with Crippen molar-refractivity contribution in [2.24, 2.45) is 0 Å². The number of aliphatic carboxylic acids is 1. The Bertz CT molecular complexity index is 607. The number of likely N-dealkylation sites (tertiary alicyclic amines) is 1. The van der Waals surface area contributed by atoms with Gasteiger partial charge in [0.2, 0.25) is 5.91 Å². The Morgan fingerprint density at radius 3 is 2.50 bits per heavy atom. The van der Waals surface area contributed by atoms with E-state index in [-0.39, 0.29) is 31.3 Å². The highest BCUT2D eigenvalue weighted by molar-refractivity contribution is 5.90. The summed E-state index contributed by atoms with van der Waals surface area (Å²) in [5, 5.41) is 21.5. The third kappa shape index (κ3) is 2.99. The van der Waals surface area contributed by atoms with E-state index in [0.717, 1.165) is 4.90 Å².